The van der Waals surface area contributed by atoms with Crippen molar-refractivity contribution in [1.82, 2.24) is 19.9 Å². The van der Waals surface area contributed by atoms with Crippen LogP contribution in [0.1, 0.15) is 19.5 Å². The molecule has 0 atom stereocenters. The predicted molar refractivity (Wildman–Crippen MR) is 89.6 cm³/mol. The first-order valence-corrected chi connectivity index (χ1v) is 8.80. The summed E-state index contributed by atoms with van der Waals surface area (Å²) < 4.78 is 25.9. The number of H-pyrrole nitrogens is 1. The third kappa shape index (κ3) is 4.60. The fourth-order valence-corrected chi connectivity index (χ4v) is 2.15. The van der Waals surface area contributed by atoms with E-state index >= 15 is 0 Å². The van der Waals surface area contributed by atoms with Gasteiger partial charge in [-0.05, 0) is 24.5 Å². The molecule has 0 aliphatic rings. The van der Waals surface area contributed by atoms with E-state index in [1.54, 1.807) is 6.33 Å². The number of anilines is 1. The Morgan fingerprint density at radius 2 is 1.91 bits per heavy atom. The molecular weight excluding hydrogens is 318 g/mol. The maximum atomic E-state index is 9.19. The lowest BCUT2D eigenvalue weighted by atomic mass is 10.1. The van der Waals surface area contributed by atoms with Crippen LogP contribution in [0.3, 0.4) is 0 Å². The molecule has 0 saturated heterocycles. The van der Waals surface area contributed by atoms with Gasteiger partial charge in [0.05, 0.1) is 23.6 Å². The van der Waals surface area contributed by atoms with Crippen molar-refractivity contribution in [2.24, 2.45) is 5.92 Å². The zero-order chi connectivity index (χ0) is 17.2. The van der Waals surface area contributed by atoms with Gasteiger partial charge in [-0.25, -0.2) is 15.0 Å². The molecule has 0 bridgehead atoms. The molecule has 3 rings (SSSR count). The Hall–Kier alpha value is -2.26. The third-order valence-electron chi connectivity index (χ3n) is 2.91. The maximum absolute atomic E-state index is 9.19. The van der Waals surface area contributed by atoms with Gasteiger partial charge in [-0.15, -0.1) is 0 Å². The van der Waals surface area contributed by atoms with Crippen LogP contribution in [-0.2, 0) is 16.5 Å². The van der Waals surface area contributed by atoms with E-state index in [-0.39, 0.29) is 0 Å². The van der Waals surface area contributed by atoms with Crippen molar-refractivity contribution >= 4 is 38.0 Å². The van der Waals surface area contributed by atoms with Crippen molar-refractivity contribution in [3.63, 3.8) is 0 Å². The van der Waals surface area contributed by atoms with E-state index in [4.69, 9.17) is 10.3 Å². The third-order valence-corrected chi connectivity index (χ3v) is 2.91. The molecule has 0 spiro atoms. The van der Waals surface area contributed by atoms with Gasteiger partial charge in [0.25, 0.3) is 10.1 Å². The molecule has 0 fully saturated rings. The number of aromatic amines is 1. The Kier molecular flexibility index (Phi) is 4.81. The first-order valence-electron chi connectivity index (χ1n) is 6.95. The SMILES string of the molecule is CC(C)Cc1ccc2nc(N)c3nc[nH]c3c2n1.CS(=O)(=O)O. The molecule has 0 saturated carbocycles. The van der Waals surface area contributed by atoms with Crippen LogP contribution in [-0.4, -0.2) is 39.2 Å². The minimum Gasteiger partial charge on any atom is -0.382 e. The summed E-state index contributed by atoms with van der Waals surface area (Å²) in [5, 5.41) is 0. The van der Waals surface area contributed by atoms with Gasteiger partial charge in [0.15, 0.2) is 5.82 Å². The summed E-state index contributed by atoms with van der Waals surface area (Å²) in [5.74, 6) is 1.02. The first kappa shape index (κ1) is 17.1. The molecule has 0 aromatic carbocycles. The standard InChI is InChI=1S/C13H15N5.CH4O3S/c1-7(2)5-8-3-4-9-10(17-8)11-12(13(14)18-9)16-6-15-11;1-5(2,3)4/h3-4,6-7H,5H2,1-2H3,(H2,14,18)(H,15,16);1H3,(H,2,3,4). The zero-order valence-electron chi connectivity index (χ0n) is 13.1. The van der Waals surface area contributed by atoms with Crippen molar-refractivity contribution < 1.29 is 13.0 Å². The number of aromatic nitrogens is 4. The predicted octanol–water partition coefficient (Wildman–Crippen LogP) is 1.79. The van der Waals surface area contributed by atoms with Crippen LogP contribution in [0, 0.1) is 5.92 Å². The highest BCUT2D eigenvalue weighted by Gasteiger charge is 2.10. The second kappa shape index (κ2) is 6.47. The van der Waals surface area contributed by atoms with E-state index in [0.717, 1.165) is 28.7 Å². The number of nitrogen functional groups attached to an aromatic ring is 1. The molecule has 3 heterocycles. The number of fused-ring (bicyclic) bond motifs is 3. The van der Waals surface area contributed by atoms with Gasteiger partial charge in [0.2, 0.25) is 0 Å². The highest BCUT2D eigenvalue weighted by Crippen LogP contribution is 2.24. The molecule has 0 aliphatic heterocycles. The lowest BCUT2D eigenvalue weighted by Gasteiger charge is -2.06. The first-order chi connectivity index (χ1) is 10.6. The quantitative estimate of drug-likeness (QED) is 0.607. The zero-order valence-corrected chi connectivity index (χ0v) is 13.9. The number of rotatable bonds is 2. The molecule has 9 heteroatoms. The second-order valence-corrected chi connectivity index (χ2v) is 7.09. The van der Waals surface area contributed by atoms with E-state index < -0.39 is 10.1 Å². The molecule has 8 nitrogen and oxygen atoms in total. The molecule has 0 unspecified atom stereocenters. The lowest BCUT2D eigenvalue weighted by Crippen LogP contribution is -1.99. The second-order valence-electron chi connectivity index (χ2n) is 5.62. The van der Waals surface area contributed by atoms with Crippen LogP contribution in [0.25, 0.3) is 22.1 Å². The topological polar surface area (TPSA) is 135 Å². The largest absolute Gasteiger partial charge is 0.382 e. The fraction of sp³-hybridized carbons (Fsp3) is 0.357. The lowest BCUT2D eigenvalue weighted by molar-refractivity contribution is 0.490. The molecule has 0 aliphatic carbocycles. The minimum atomic E-state index is -3.67. The average molecular weight is 337 g/mol. The molecular formula is C14H19N5O3S. The normalized spacial score (nSPS) is 11.7. The summed E-state index contributed by atoms with van der Waals surface area (Å²) >= 11 is 0. The summed E-state index contributed by atoms with van der Waals surface area (Å²) in [6, 6.07) is 3.98. The van der Waals surface area contributed by atoms with Gasteiger partial charge in [-0.1, -0.05) is 13.8 Å². The Balaban J connectivity index is 0.000000338. The van der Waals surface area contributed by atoms with Gasteiger partial charge in [-0.3, -0.25) is 4.55 Å². The van der Waals surface area contributed by atoms with E-state index in [2.05, 4.69) is 33.8 Å². The van der Waals surface area contributed by atoms with Crippen molar-refractivity contribution in [3.05, 3.63) is 24.2 Å². The van der Waals surface area contributed by atoms with Crippen LogP contribution in [0.15, 0.2) is 18.5 Å². The Morgan fingerprint density at radius 1 is 1.26 bits per heavy atom. The highest BCUT2D eigenvalue weighted by atomic mass is 32.2. The highest BCUT2D eigenvalue weighted by molar-refractivity contribution is 7.85. The maximum Gasteiger partial charge on any atom is 0.261 e. The van der Waals surface area contributed by atoms with Gasteiger partial charge in [-0.2, -0.15) is 8.42 Å². The monoisotopic (exact) mass is 337 g/mol. The van der Waals surface area contributed by atoms with E-state index in [1.165, 1.54) is 0 Å². The van der Waals surface area contributed by atoms with Crippen LogP contribution in [0.5, 0.6) is 0 Å². The molecule has 124 valence electrons. The van der Waals surface area contributed by atoms with Gasteiger partial charge in [0, 0.05) is 5.69 Å². The van der Waals surface area contributed by atoms with Gasteiger partial charge in [0.1, 0.15) is 11.0 Å². The van der Waals surface area contributed by atoms with E-state index in [0.29, 0.717) is 23.5 Å². The number of nitrogens with two attached hydrogens (primary N) is 1. The summed E-state index contributed by atoms with van der Waals surface area (Å²) in [7, 11) is -3.67. The number of pyridine rings is 2. The van der Waals surface area contributed by atoms with Gasteiger partial charge >= 0.3 is 0 Å². The van der Waals surface area contributed by atoms with E-state index in [1.807, 2.05) is 12.1 Å². The summed E-state index contributed by atoms with van der Waals surface area (Å²) in [6.45, 7) is 4.36. The number of hydrogen-bond donors (Lipinski definition) is 3. The smallest absolute Gasteiger partial charge is 0.261 e. The van der Waals surface area contributed by atoms with Crippen LogP contribution in [0.4, 0.5) is 5.82 Å². The Labute approximate surface area is 133 Å². The molecule has 0 radical (unpaired) electrons. The number of imidazole rings is 1. The van der Waals surface area contributed by atoms with Gasteiger partial charge < -0.3 is 10.7 Å². The number of nitrogens with zero attached hydrogens (tertiary/aromatic N) is 3. The number of hydrogen-bond acceptors (Lipinski definition) is 6. The molecule has 23 heavy (non-hydrogen) atoms. The van der Waals surface area contributed by atoms with Crippen LogP contribution >= 0.6 is 0 Å². The molecule has 3 aromatic heterocycles. The van der Waals surface area contributed by atoms with Crippen molar-refractivity contribution in [2.45, 2.75) is 20.3 Å². The van der Waals surface area contributed by atoms with Crippen molar-refractivity contribution in [2.75, 3.05) is 12.0 Å². The van der Waals surface area contributed by atoms with Crippen molar-refractivity contribution in [1.29, 1.82) is 0 Å². The number of nitrogens with one attached hydrogen (secondary N) is 1. The molecule has 0 amide bonds. The summed E-state index contributed by atoms with van der Waals surface area (Å²) in [4.78, 5) is 16.3. The van der Waals surface area contributed by atoms with E-state index in [9.17, 15) is 8.42 Å². The summed E-state index contributed by atoms with van der Waals surface area (Å²) in [6.07, 6.45) is 3.29. The average Bonchev–Trinajstić information content (AvgIpc) is 2.87. The van der Waals surface area contributed by atoms with Crippen LogP contribution in [0.2, 0.25) is 0 Å². The molecule has 4 N–H and O–H groups in total. The Morgan fingerprint density at radius 3 is 2.52 bits per heavy atom. The van der Waals surface area contributed by atoms with Crippen molar-refractivity contribution in [3.8, 4) is 0 Å². The Bertz CT molecular complexity index is 926. The van der Waals surface area contributed by atoms with Crippen LogP contribution < -0.4 is 5.73 Å². The molecule has 3 aromatic rings. The minimum absolute atomic E-state index is 0.442. The fourth-order valence-electron chi connectivity index (χ4n) is 2.15. The summed E-state index contributed by atoms with van der Waals surface area (Å²) in [5.41, 5.74) is 10.1.